The van der Waals surface area contributed by atoms with Crippen LogP contribution in [0.3, 0.4) is 0 Å². The number of rotatable bonds is 4. The number of nitrogens with zero attached hydrogens (tertiary/aromatic N) is 1. The lowest BCUT2D eigenvalue weighted by Gasteiger charge is -2.32. The number of benzene rings is 1. The Bertz CT molecular complexity index is 438. The highest BCUT2D eigenvalue weighted by molar-refractivity contribution is 5.34. The SMILES string of the molecule is CC1CC(C)CC(NCc2cccc([N+](=O)[O-])c2)C1. The normalized spacial score (nSPS) is 27.2. The number of non-ortho nitro benzene ring substituents is 1. The molecule has 1 aromatic rings. The predicted molar refractivity (Wildman–Crippen MR) is 75.9 cm³/mol. The maximum absolute atomic E-state index is 10.7. The maximum Gasteiger partial charge on any atom is 0.269 e. The van der Waals surface area contributed by atoms with Crippen LogP contribution in [0, 0.1) is 22.0 Å². The van der Waals surface area contributed by atoms with E-state index < -0.39 is 0 Å². The molecule has 1 aliphatic carbocycles. The zero-order valence-electron chi connectivity index (χ0n) is 11.6. The molecule has 0 heterocycles. The molecule has 1 aliphatic rings. The first-order valence-corrected chi connectivity index (χ1v) is 7.01. The number of nitrogens with one attached hydrogen (secondary N) is 1. The van der Waals surface area contributed by atoms with E-state index in [1.807, 2.05) is 6.07 Å². The summed E-state index contributed by atoms with van der Waals surface area (Å²) in [7, 11) is 0. The maximum atomic E-state index is 10.7. The molecule has 0 aromatic heterocycles. The van der Waals surface area contributed by atoms with E-state index in [-0.39, 0.29) is 10.6 Å². The van der Waals surface area contributed by atoms with Crippen LogP contribution in [0.15, 0.2) is 24.3 Å². The van der Waals surface area contributed by atoms with Crippen LogP contribution >= 0.6 is 0 Å². The van der Waals surface area contributed by atoms with Gasteiger partial charge in [0.05, 0.1) is 4.92 Å². The molecule has 1 saturated carbocycles. The van der Waals surface area contributed by atoms with Crippen molar-refractivity contribution < 1.29 is 4.92 Å². The standard InChI is InChI=1S/C15H22N2O2/c1-11-6-12(2)8-14(7-11)16-10-13-4-3-5-15(9-13)17(18)19/h3-5,9,11-12,14,16H,6-8,10H2,1-2H3. The van der Waals surface area contributed by atoms with E-state index >= 15 is 0 Å². The van der Waals surface area contributed by atoms with Crippen LogP contribution in [-0.4, -0.2) is 11.0 Å². The molecule has 0 amide bonds. The van der Waals surface area contributed by atoms with Gasteiger partial charge in [-0.05, 0) is 36.7 Å². The average Bonchev–Trinajstić information content (AvgIpc) is 2.35. The Hall–Kier alpha value is -1.42. The van der Waals surface area contributed by atoms with E-state index in [1.165, 1.54) is 25.3 Å². The van der Waals surface area contributed by atoms with Gasteiger partial charge in [-0.1, -0.05) is 26.0 Å². The Balaban J connectivity index is 1.91. The van der Waals surface area contributed by atoms with Crippen LogP contribution in [0.2, 0.25) is 0 Å². The highest BCUT2D eigenvalue weighted by Crippen LogP contribution is 2.28. The number of nitro groups is 1. The summed E-state index contributed by atoms with van der Waals surface area (Å²) in [6, 6.07) is 7.42. The summed E-state index contributed by atoms with van der Waals surface area (Å²) >= 11 is 0. The van der Waals surface area contributed by atoms with E-state index in [2.05, 4.69) is 19.2 Å². The van der Waals surface area contributed by atoms with Gasteiger partial charge in [0, 0.05) is 24.7 Å². The fourth-order valence-electron chi connectivity index (χ4n) is 3.16. The van der Waals surface area contributed by atoms with Crippen molar-refractivity contribution in [3.8, 4) is 0 Å². The molecule has 0 aliphatic heterocycles. The van der Waals surface area contributed by atoms with Gasteiger partial charge in [0.1, 0.15) is 0 Å². The van der Waals surface area contributed by atoms with Crippen LogP contribution in [0.1, 0.15) is 38.7 Å². The largest absolute Gasteiger partial charge is 0.310 e. The fraction of sp³-hybridized carbons (Fsp3) is 0.600. The topological polar surface area (TPSA) is 55.2 Å². The van der Waals surface area contributed by atoms with Crippen molar-refractivity contribution in [1.29, 1.82) is 0 Å². The van der Waals surface area contributed by atoms with Crippen LogP contribution in [0.5, 0.6) is 0 Å². The monoisotopic (exact) mass is 262 g/mol. The molecule has 2 atom stereocenters. The zero-order valence-corrected chi connectivity index (χ0v) is 11.6. The lowest BCUT2D eigenvalue weighted by molar-refractivity contribution is -0.384. The first-order chi connectivity index (χ1) is 9.04. The van der Waals surface area contributed by atoms with Crippen molar-refractivity contribution in [3.63, 3.8) is 0 Å². The molecule has 104 valence electrons. The Morgan fingerprint density at radius 1 is 1.26 bits per heavy atom. The van der Waals surface area contributed by atoms with Crippen molar-refractivity contribution in [2.75, 3.05) is 0 Å². The minimum atomic E-state index is -0.339. The van der Waals surface area contributed by atoms with Crippen molar-refractivity contribution in [3.05, 3.63) is 39.9 Å². The molecule has 4 nitrogen and oxygen atoms in total. The van der Waals surface area contributed by atoms with Gasteiger partial charge in [-0.3, -0.25) is 10.1 Å². The molecule has 2 rings (SSSR count). The Kier molecular flexibility index (Phi) is 4.53. The summed E-state index contributed by atoms with van der Waals surface area (Å²) in [5.74, 6) is 1.54. The molecule has 0 bridgehead atoms. The van der Waals surface area contributed by atoms with E-state index in [0.717, 1.165) is 17.4 Å². The third-order valence-corrected chi connectivity index (χ3v) is 3.89. The summed E-state index contributed by atoms with van der Waals surface area (Å²) in [4.78, 5) is 10.4. The van der Waals surface area contributed by atoms with Gasteiger partial charge < -0.3 is 5.32 Å². The van der Waals surface area contributed by atoms with E-state index in [1.54, 1.807) is 12.1 Å². The van der Waals surface area contributed by atoms with Gasteiger partial charge >= 0.3 is 0 Å². The van der Waals surface area contributed by atoms with Crippen LogP contribution < -0.4 is 5.32 Å². The van der Waals surface area contributed by atoms with Gasteiger partial charge in [0.15, 0.2) is 0 Å². The van der Waals surface area contributed by atoms with Crippen LogP contribution in [-0.2, 0) is 6.54 Å². The molecule has 1 N–H and O–H groups in total. The minimum Gasteiger partial charge on any atom is -0.310 e. The molecule has 1 aromatic carbocycles. The van der Waals surface area contributed by atoms with Crippen molar-refractivity contribution >= 4 is 5.69 Å². The third-order valence-electron chi connectivity index (χ3n) is 3.89. The van der Waals surface area contributed by atoms with E-state index in [4.69, 9.17) is 0 Å². The second-order valence-corrected chi connectivity index (χ2v) is 5.92. The molecule has 0 saturated heterocycles. The van der Waals surface area contributed by atoms with Crippen LogP contribution in [0.25, 0.3) is 0 Å². The molecule has 1 fully saturated rings. The highest BCUT2D eigenvalue weighted by atomic mass is 16.6. The van der Waals surface area contributed by atoms with E-state index in [0.29, 0.717) is 12.6 Å². The lowest BCUT2D eigenvalue weighted by atomic mass is 9.80. The van der Waals surface area contributed by atoms with Crippen LogP contribution in [0.4, 0.5) is 5.69 Å². The quantitative estimate of drug-likeness (QED) is 0.667. The lowest BCUT2D eigenvalue weighted by Crippen LogP contribution is -2.35. The Morgan fingerprint density at radius 3 is 2.58 bits per heavy atom. The first-order valence-electron chi connectivity index (χ1n) is 7.01. The molecule has 19 heavy (non-hydrogen) atoms. The number of nitro benzene ring substituents is 1. The second-order valence-electron chi connectivity index (χ2n) is 5.92. The Morgan fingerprint density at radius 2 is 1.95 bits per heavy atom. The second kappa shape index (κ2) is 6.15. The van der Waals surface area contributed by atoms with Gasteiger partial charge in [0.2, 0.25) is 0 Å². The van der Waals surface area contributed by atoms with Gasteiger partial charge in [0.25, 0.3) is 5.69 Å². The molecular formula is C15H22N2O2. The fourth-order valence-corrected chi connectivity index (χ4v) is 3.16. The zero-order chi connectivity index (χ0) is 13.8. The molecule has 4 heteroatoms. The first kappa shape index (κ1) is 14.0. The van der Waals surface area contributed by atoms with Gasteiger partial charge in [-0.25, -0.2) is 0 Å². The summed E-state index contributed by atoms with van der Waals surface area (Å²) in [5.41, 5.74) is 1.16. The van der Waals surface area contributed by atoms with Crippen molar-refractivity contribution in [2.45, 2.75) is 45.7 Å². The smallest absolute Gasteiger partial charge is 0.269 e. The van der Waals surface area contributed by atoms with Gasteiger partial charge in [-0.2, -0.15) is 0 Å². The number of hydrogen-bond acceptors (Lipinski definition) is 3. The molecule has 0 radical (unpaired) electrons. The van der Waals surface area contributed by atoms with Crippen molar-refractivity contribution in [2.24, 2.45) is 11.8 Å². The minimum absolute atomic E-state index is 0.171. The third kappa shape index (κ3) is 4.03. The van der Waals surface area contributed by atoms with Gasteiger partial charge in [-0.15, -0.1) is 0 Å². The average molecular weight is 262 g/mol. The summed E-state index contributed by atoms with van der Waals surface area (Å²) in [5, 5.41) is 14.3. The molecular weight excluding hydrogens is 240 g/mol. The number of hydrogen-bond donors (Lipinski definition) is 1. The summed E-state index contributed by atoms with van der Waals surface area (Å²) < 4.78 is 0. The summed E-state index contributed by atoms with van der Waals surface area (Å²) in [6.45, 7) is 5.32. The highest BCUT2D eigenvalue weighted by Gasteiger charge is 2.23. The molecule has 0 spiro atoms. The molecule has 2 unspecified atom stereocenters. The Labute approximate surface area is 114 Å². The van der Waals surface area contributed by atoms with E-state index in [9.17, 15) is 10.1 Å². The predicted octanol–water partition coefficient (Wildman–Crippen LogP) is 3.51. The van der Waals surface area contributed by atoms with Crippen molar-refractivity contribution in [1.82, 2.24) is 5.32 Å². The summed E-state index contributed by atoms with van der Waals surface area (Å²) in [6.07, 6.45) is 3.73.